The SMILES string of the molecule is CNc1cc2ncc(-c3cc(NC(=O)c4ccccc4NC(C)C(F)F)cnc3C)cc2cn1. The standard InChI is InChI=1S/C25H24F2N6O/c1-14-20(16-8-17-12-31-23(28-3)10-22(17)30-11-16)9-18(13-29-14)33-25(34)19-6-4-5-7-21(19)32-15(2)24(26)27/h4-13,15,24,32H,1-3H3,(H,28,31)(H,33,34). The Labute approximate surface area is 195 Å². The Bertz CT molecular complexity index is 1340. The number of hydrogen-bond donors (Lipinski definition) is 3. The minimum absolute atomic E-state index is 0.260. The number of aromatic nitrogens is 3. The number of alkyl halides is 2. The molecule has 0 fully saturated rings. The lowest BCUT2D eigenvalue weighted by atomic mass is 10.0. The third kappa shape index (κ3) is 4.93. The molecule has 3 heterocycles. The number of nitrogens with one attached hydrogen (secondary N) is 3. The van der Waals surface area contributed by atoms with Gasteiger partial charge in [0.25, 0.3) is 12.3 Å². The predicted molar refractivity (Wildman–Crippen MR) is 131 cm³/mol. The van der Waals surface area contributed by atoms with Crippen LogP contribution in [0.4, 0.5) is 26.0 Å². The molecule has 1 unspecified atom stereocenters. The summed E-state index contributed by atoms with van der Waals surface area (Å²) in [7, 11) is 1.80. The van der Waals surface area contributed by atoms with E-state index in [9.17, 15) is 13.6 Å². The van der Waals surface area contributed by atoms with Crippen LogP contribution in [0.15, 0.2) is 61.1 Å². The fraction of sp³-hybridized carbons (Fsp3) is 0.200. The number of amides is 1. The predicted octanol–water partition coefficient (Wildman–Crippen LogP) is 5.36. The third-order valence-electron chi connectivity index (χ3n) is 5.41. The molecule has 0 saturated carbocycles. The van der Waals surface area contributed by atoms with Gasteiger partial charge in [-0.05, 0) is 38.1 Å². The Morgan fingerprint density at radius 3 is 2.56 bits per heavy atom. The van der Waals surface area contributed by atoms with Gasteiger partial charge in [0.1, 0.15) is 5.82 Å². The van der Waals surface area contributed by atoms with Crippen molar-refractivity contribution < 1.29 is 13.6 Å². The maximum absolute atomic E-state index is 13.0. The minimum Gasteiger partial charge on any atom is -0.376 e. The number of hydrogen-bond acceptors (Lipinski definition) is 6. The Hall–Kier alpha value is -4.14. The first-order chi connectivity index (χ1) is 16.4. The summed E-state index contributed by atoms with van der Waals surface area (Å²) >= 11 is 0. The minimum atomic E-state index is -2.56. The maximum atomic E-state index is 13.0. The van der Waals surface area contributed by atoms with Crippen molar-refractivity contribution in [2.45, 2.75) is 26.3 Å². The maximum Gasteiger partial charge on any atom is 0.258 e. The second kappa shape index (κ2) is 9.78. The number of aryl methyl sites for hydroxylation is 1. The molecule has 0 aliphatic rings. The molecule has 0 spiro atoms. The molecular formula is C25H24F2N6O. The average Bonchev–Trinajstić information content (AvgIpc) is 2.84. The zero-order chi connectivity index (χ0) is 24.2. The molecule has 1 atom stereocenters. The topological polar surface area (TPSA) is 91.8 Å². The van der Waals surface area contributed by atoms with Crippen LogP contribution >= 0.6 is 0 Å². The van der Waals surface area contributed by atoms with Crippen LogP contribution in [0.3, 0.4) is 0 Å². The molecule has 4 aromatic rings. The van der Waals surface area contributed by atoms with Gasteiger partial charge in [-0.3, -0.25) is 14.8 Å². The van der Waals surface area contributed by atoms with Gasteiger partial charge in [0.05, 0.1) is 29.0 Å². The highest BCUT2D eigenvalue weighted by molar-refractivity contribution is 6.08. The van der Waals surface area contributed by atoms with Crippen LogP contribution in [-0.2, 0) is 0 Å². The summed E-state index contributed by atoms with van der Waals surface area (Å²) in [6, 6.07) is 11.1. The van der Waals surface area contributed by atoms with Crippen molar-refractivity contribution in [1.29, 1.82) is 0 Å². The number of rotatable bonds is 7. The van der Waals surface area contributed by atoms with E-state index >= 15 is 0 Å². The van der Waals surface area contributed by atoms with Crippen LogP contribution in [0.25, 0.3) is 22.0 Å². The van der Waals surface area contributed by atoms with E-state index in [-0.39, 0.29) is 5.56 Å². The molecule has 0 saturated heterocycles. The second-order valence-electron chi connectivity index (χ2n) is 7.86. The van der Waals surface area contributed by atoms with E-state index < -0.39 is 18.4 Å². The van der Waals surface area contributed by atoms with Gasteiger partial charge >= 0.3 is 0 Å². The molecule has 4 rings (SSSR count). The molecule has 3 N–H and O–H groups in total. The van der Waals surface area contributed by atoms with Gasteiger partial charge in [0.15, 0.2) is 0 Å². The second-order valence-corrected chi connectivity index (χ2v) is 7.86. The summed E-state index contributed by atoms with van der Waals surface area (Å²) < 4.78 is 26.0. The normalized spacial score (nSPS) is 11.9. The largest absolute Gasteiger partial charge is 0.376 e. The molecule has 7 nitrogen and oxygen atoms in total. The van der Waals surface area contributed by atoms with Crippen LogP contribution < -0.4 is 16.0 Å². The van der Waals surface area contributed by atoms with Crippen LogP contribution in [0, 0.1) is 6.92 Å². The Kier molecular flexibility index (Phi) is 6.62. The van der Waals surface area contributed by atoms with Gasteiger partial charge in [-0.15, -0.1) is 0 Å². The summed E-state index contributed by atoms with van der Waals surface area (Å²) in [4.78, 5) is 26.3. The van der Waals surface area contributed by atoms with Crippen LogP contribution in [0.2, 0.25) is 0 Å². The summed E-state index contributed by atoms with van der Waals surface area (Å²) in [6.07, 6.45) is 2.50. The summed E-state index contributed by atoms with van der Waals surface area (Å²) in [5, 5.41) is 9.39. The van der Waals surface area contributed by atoms with Crippen molar-refractivity contribution in [1.82, 2.24) is 15.0 Å². The summed E-state index contributed by atoms with van der Waals surface area (Å²) in [6.45, 7) is 3.24. The van der Waals surface area contributed by atoms with E-state index in [4.69, 9.17) is 0 Å². The molecule has 174 valence electrons. The number of para-hydroxylation sites is 1. The lowest BCUT2D eigenvalue weighted by Crippen LogP contribution is -2.25. The molecule has 1 amide bonds. The molecule has 0 radical (unpaired) electrons. The highest BCUT2D eigenvalue weighted by Gasteiger charge is 2.18. The average molecular weight is 463 g/mol. The van der Waals surface area contributed by atoms with E-state index in [1.54, 1.807) is 49.9 Å². The Morgan fingerprint density at radius 2 is 1.79 bits per heavy atom. The molecule has 1 aromatic carbocycles. The van der Waals surface area contributed by atoms with Crippen LogP contribution in [0.5, 0.6) is 0 Å². The number of halogens is 2. The zero-order valence-corrected chi connectivity index (χ0v) is 18.9. The third-order valence-corrected chi connectivity index (χ3v) is 5.41. The van der Waals surface area contributed by atoms with E-state index in [0.29, 0.717) is 11.4 Å². The van der Waals surface area contributed by atoms with Crippen molar-refractivity contribution in [2.75, 3.05) is 23.0 Å². The molecule has 0 aliphatic heterocycles. The monoisotopic (exact) mass is 462 g/mol. The molecule has 9 heteroatoms. The van der Waals surface area contributed by atoms with Crippen molar-refractivity contribution in [3.8, 4) is 11.1 Å². The first kappa shape index (κ1) is 23.0. The molecule has 34 heavy (non-hydrogen) atoms. The van der Waals surface area contributed by atoms with Gasteiger partial charge < -0.3 is 16.0 Å². The molecular weight excluding hydrogens is 438 g/mol. The van der Waals surface area contributed by atoms with Crippen LogP contribution in [0.1, 0.15) is 23.0 Å². The van der Waals surface area contributed by atoms with Gasteiger partial charge in [-0.1, -0.05) is 12.1 Å². The number of benzene rings is 1. The highest BCUT2D eigenvalue weighted by atomic mass is 19.3. The Morgan fingerprint density at radius 1 is 1.00 bits per heavy atom. The fourth-order valence-electron chi connectivity index (χ4n) is 3.51. The van der Waals surface area contributed by atoms with Crippen molar-refractivity contribution >= 4 is 34.0 Å². The van der Waals surface area contributed by atoms with Crippen LogP contribution in [-0.4, -0.2) is 40.4 Å². The van der Waals surface area contributed by atoms with Crippen molar-refractivity contribution in [3.05, 3.63) is 72.3 Å². The number of anilines is 3. The summed E-state index contributed by atoms with van der Waals surface area (Å²) in [5.41, 5.74) is 4.29. The first-order valence-corrected chi connectivity index (χ1v) is 10.7. The van der Waals surface area contributed by atoms with Crippen molar-refractivity contribution in [3.63, 3.8) is 0 Å². The lowest BCUT2D eigenvalue weighted by Gasteiger charge is -2.17. The van der Waals surface area contributed by atoms with Gasteiger partial charge in [-0.2, -0.15) is 0 Å². The number of carbonyl (C=O) groups excluding carboxylic acids is 1. The number of fused-ring (bicyclic) bond motifs is 1. The van der Waals surface area contributed by atoms with Crippen molar-refractivity contribution in [2.24, 2.45) is 0 Å². The van der Waals surface area contributed by atoms with E-state index in [0.717, 1.165) is 33.5 Å². The lowest BCUT2D eigenvalue weighted by molar-refractivity contribution is 0.102. The number of carbonyl (C=O) groups is 1. The highest BCUT2D eigenvalue weighted by Crippen LogP contribution is 2.28. The molecule has 3 aromatic heterocycles. The number of pyridine rings is 3. The zero-order valence-electron chi connectivity index (χ0n) is 18.9. The molecule has 0 aliphatic carbocycles. The van der Waals surface area contributed by atoms with E-state index in [1.165, 1.54) is 6.92 Å². The fourth-order valence-corrected chi connectivity index (χ4v) is 3.51. The van der Waals surface area contributed by atoms with Gasteiger partial charge in [0, 0.05) is 53.4 Å². The first-order valence-electron chi connectivity index (χ1n) is 10.7. The van der Waals surface area contributed by atoms with Gasteiger partial charge in [0.2, 0.25) is 0 Å². The quantitative estimate of drug-likeness (QED) is 0.343. The van der Waals surface area contributed by atoms with E-state index in [2.05, 4.69) is 30.9 Å². The number of nitrogens with zero attached hydrogens (tertiary/aromatic N) is 3. The molecule has 0 bridgehead atoms. The Balaban J connectivity index is 1.61. The smallest absolute Gasteiger partial charge is 0.258 e. The van der Waals surface area contributed by atoms with E-state index in [1.807, 2.05) is 25.1 Å². The van der Waals surface area contributed by atoms with Gasteiger partial charge in [-0.25, -0.2) is 13.8 Å². The summed E-state index contributed by atoms with van der Waals surface area (Å²) in [5.74, 6) is 0.301.